The molecule has 0 unspecified atom stereocenters. The maximum atomic E-state index is 12.8. The molecular formula is C79H81BrFN19O11S5. The smallest absolute Gasteiger partial charge is 0.339 e. The number of rotatable bonds is 23. The monoisotopic (exact) mass is 1730 g/mol. The number of hydrazone groups is 5. The number of carbonyl (C=O) groups excluding carboxylic acids is 3. The van der Waals surface area contributed by atoms with Crippen molar-refractivity contribution < 1.29 is 55.1 Å². The number of ether oxygens (including phenoxy) is 3. The van der Waals surface area contributed by atoms with Crippen molar-refractivity contribution in [1.82, 2.24) is 54.0 Å². The van der Waals surface area contributed by atoms with Crippen molar-refractivity contribution in [3.05, 3.63) is 262 Å². The summed E-state index contributed by atoms with van der Waals surface area (Å²) in [7, 11) is 2.65. The minimum Gasteiger partial charge on any atom is -0.465 e. The molecule has 0 aliphatic rings. The highest BCUT2D eigenvalue weighted by Gasteiger charge is 2.15. The van der Waals surface area contributed by atoms with E-state index in [4.69, 9.17) is 105 Å². The molecule has 0 saturated heterocycles. The summed E-state index contributed by atoms with van der Waals surface area (Å²) in [6.07, 6.45) is 7.40. The van der Waals surface area contributed by atoms with E-state index >= 15 is 0 Å². The van der Waals surface area contributed by atoms with E-state index in [9.17, 15) is 18.8 Å². The van der Waals surface area contributed by atoms with Crippen LogP contribution in [-0.2, 0) is 14.2 Å². The summed E-state index contributed by atoms with van der Waals surface area (Å²) in [5.74, 6) is 14.9. The number of nitrogens with zero attached hydrogens (tertiary/aromatic N) is 5. The Labute approximate surface area is 701 Å². The first-order valence-corrected chi connectivity index (χ1v) is 37.4. The van der Waals surface area contributed by atoms with Gasteiger partial charge in [0.15, 0.2) is 10.2 Å². The number of anilines is 2. The van der Waals surface area contributed by atoms with Crippen LogP contribution in [0, 0.1) is 12.7 Å². The highest BCUT2D eigenvalue weighted by atomic mass is 79.9. The van der Waals surface area contributed by atoms with Crippen molar-refractivity contribution >= 4 is 163 Å². The number of carbonyl (C=O) groups is 3. The van der Waals surface area contributed by atoms with Crippen LogP contribution < -0.4 is 76.9 Å². The average Bonchev–Trinajstić information content (AvgIpc) is 1.59. The Morgan fingerprint density at radius 1 is 0.448 bits per heavy atom. The van der Waals surface area contributed by atoms with Crippen molar-refractivity contribution in [2.45, 2.75) is 40.7 Å². The maximum absolute atomic E-state index is 12.8. The van der Waals surface area contributed by atoms with Gasteiger partial charge in [0.2, 0.25) is 15.3 Å². The highest BCUT2D eigenvalue weighted by Crippen LogP contribution is 2.29. The van der Waals surface area contributed by atoms with Crippen LogP contribution >= 0.6 is 77.0 Å². The second kappa shape index (κ2) is 48.0. The Morgan fingerprint density at radius 3 is 1.14 bits per heavy atom. The predicted octanol–water partition coefficient (Wildman–Crippen LogP) is 13.5. The van der Waals surface area contributed by atoms with Crippen molar-refractivity contribution in [3.63, 3.8) is 0 Å². The molecule has 0 atom stereocenters. The summed E-state index contributed by atoms with van der Waals surface area (Å²) >= 11 is 28.1. The van der Waals surface area contributed by atoms with Gasteiger partial charge in [-0.1, -0.05) is 76.1 Å². The first kappa shape index (κ1) is 90.1. The van der Waals surface area contributed by atoms with Gasteiger partial charge in [0, 0.05) is 51.1 Å². The molecule has 0 bridgehead atoms. The van der Waals surface area contributed by atoms with Crippen molar-refractivity contribution in [1.29, 1.82) is 0 Å². The lowest BCUT2D eigenvalue weighted by molar-refractivity contribution is 0.0377. The number of thiocarbonyl (C=S) groups is 5. The van der Waals surface area contributed by atoms with E-state index in [1.807, 2.05) is 107 Å². The zero-order valence-corrected chi connectivity index (χ0v) is 68.9. The number of methoxy groups -OCH3 is 2. The Hall–Kier alpha value is -13.1. The molecule has 5 heterocycles. The van der Waals surface area contributed by atoms with E-state index in [0.717, 1.165) is 56.8 Å². The lowest BCUT2D eigenvalue weighted by atomic mass is 10.1. The van der Waals surface area contributed by atoms with E-state index in [1.54, 1.807) is 121 Å². The summed E-state index contributed by atoms with van der Waals surface area (Å²) in [6, 6.07) is 58.8. The zero-order chi connectivity index (χ0) is 83.7. The lowest BCUT2D eigenvalue weighted by Crippen LogP contribution is -2.37. The normalized spacial score (nSPS) is 10.7. The first-order valence-electron chi connectivity index (χ1n) is 34.6. The summed E-state index contributed by atoms with van der Waals surface area (Å²) in [5.41, 5.74) is 37.1. The van der Waals surface area contributed by atoms with Gasteiger partial charge in [0.1, 0.15) is 63.4 Å². The molecule has 17 N–H and O–H groups in total. The number of halogens is 2. The number of nitrogen functional groups attached to an aromatic ring is 1. The van der Waals surface area contributed by atoms with Crippen LogP contribution in [-0.4, -0.2) is 108 Å². The SMILES string of the molecule is CC(C)OC(=O)c1ccc(-c2ccc(/C=N/NC(=S)NN)o2)cc1.CCNC(=S)N/N=C/c1ccc(-c2ccc(Br)cc2)o1.CCNC(=S)N/N=C/c1ccc(-c2ccc(F)cc2)o1.COC(=O)c1ccc(-c2ccc(/C=N/NC(=S)NN)o2)cc1N.COC(=O)c1ccc(-c2ccc(/C=N/NC(=S)NNc3ccc(C)cc3)o2)cc1. The van der Waals surface area contributed by atoms with Gasteiger partial charge in [0.25, 0.3) is 0 Å². The molecule has 11 rings (SSSR count). The number of nitrogens with one attached hydrogen (secondary N) is 11. The fraction of sp³-hybridized carbons (Fsp3) is 0.127. The third-order valence-corrected chi connectivity index (χ3v) is 16.2. The number of aryl methyl sites for hydroxylation is 1. The van der Waals surface area contributed by atoms with E-state index in [1.165, 1.54) is 56.8 Å². The van der Waals surface area contributed by atoms with Gasteiger partial charge in [-0.3, -0.25) is 48.8 Å². The molecule has 37 heteroatoms. The molecule has 116 heavy (non-hydrogen) atoms. The number of esters is 3. The van der Waals surface area contributed by atoms with Crippen LogP contribution in [0.25, 0.3) is 56.6 Å². The number of nitrogens with two attached hydrogens (primary N) is 3. The number of hydrogen-bond donors (Lipinski definition) is 14. The van der Waals surface area contributed by atoms with Crippen molar-refractivity contribution in [2.24, 2.45) is 37.2 Å². The fourth-order valence-corrected chi connectivity index (χ4v) is 9.97. The van der Waals surface area contributed by atoms with Crippen molar-refractivity contribution in [3.8, 4) is 56.6 Å². The quantitative estimate of drug-likeness (QED) is 0.00538. The van der Waals surface area contributed by atoms with Crippen LogP contribution in [0.15, 0.2) is 252 Å². The number of furan rings is 5. The van der Waals surface area contributed by atoms with E-state index in [0.29, 0.717) is 89.6 Å². The summed E-state index contributed by atoms with van der Waals surface area (Å²) < 4.78 is 56.6. The van der Waals surface area contributed by atoms with Gasteiger partial charge in [0.05, 0.1) is 73.8 Å². The Balaban J connectivity index is 0.000000202. The fourth-order valence-electron chi connectivity index (χ4n) is 9.10. The molecule has 0 spiro atoms. The maximum Gasteiger partial charge on any atom is 0.339 e. The zero-order valence-electron chi connectivity index (χ0n) is 63.2. The average molecular weight is 1730 g/mol. The predicted molar refractivity (Wildman–Crippen MR) is 473 cm³/mol. The lowest BCUT2D eigenvalue weighted by Gasteiger charge is -2.09. The summed E-state index contributed by atoms with van der Waals surface area (Å²) in [5, 5.41) is 27.2. The van der Waals surface area contributed by atoms with Crippen LogP contribution in [0.5, 0.6) is 0 Å². The van der Waals surface area contributed by atoms with E-state index < -0.39 is 5.97 Å². The number of hydrazine groups is 3. The third kappa shape index (κ3) is 31.1. The molecule has 6 aromatic carbocycles. The standard InChI is InChI=1S/C21H20N4O3S.C16H18N4O3S.C14H14BrN3OS.C14H14FN3OS.C14H15N5O3S/c1-14-3-9-17(10-4-14)23-25-21(29)24-22-13-18-11-12-19(28-18)15-5-7-16(8-6-15)20(26)27-2;1-10(2)22-15(21)12-5-3-11(4-6-12)14-8-7-13(23-14)9-18-20-16(24)19-17;2*1-2-16-14(20)18-17-9-12-7-8-13(19-12)10-3-5-11(15)6-4-10;1-21-13(20)10-4-2-8(6-11(10)15)12-5-3-9(22-12)7-17-19-14(23)18-16/h3-13,23H,1-2H3,(H2,24,25,29);3-10H,17H2,1-2H3,(H2,19,20,24);2*3-9H,2H2,1H3,(H2,16,18,20);2-7H,15-16H2,1H3,(H2,18,19,23)/b22-13+;18-9+;2*17-9+;17-7+. The topological polar surface area (TPSA) is 417 Å². The summed E-state index contributed by atoms with van der Waals surface area (Å²) in [6.45, 7) is 11.0. The summed E-state index contributed by atoms with van der Waals surface area (Å²) in [4.78, 5) is 34.8. The van der Waals surface area contributed by atoms with Gasteiger partial charge in [-0.05, 0) is 241 Å². The van der Waals surface area contributed by atoms with Crippen LogP contribution in [0.1, 0.15) is 93.1 Å². The first-order chi connectivity index (χ1) is 56.0. The van der Waals surface area contributed by atoms with Gasteiger partial charge in [-0.2, -0.15) is 25.5 Å². The Bertz CT molecular complexity index is 5100. The molecule has 0 fully saturated rings. The third-order valence-electron chi connectivity index (χ3n) is 14.6. The number of benzene rings is 6. The van der Waals surface area contributed by atoms with Crippen LogP contribution in [0.4, 0.5) is 15.8 Å². The van der Waals surface area contributed by atoms with Gasteiger partial charge < -0.3 is 52.7 Å². The molecule has 0 saturated carbocycles. The molecule has 0 aliphatic heterocycles. The Kier molecular flexibility index (Phi) is 37.3. The second-order valence-corrected chi connectivity index (χ2v) is 26.3. The minimum absolute atomic E-state index is 0.153. The largest absolute Gasteiger partial charge is 0.465 e. The second-order valence-electron chi connectivity index (χ2n) is 23.4. The molecule has 11 aromatic rings. The van der Waals surface area contributed by atoms with E-state index in [2.05, 4.69) is 110 Å². The molecular weight excluding hydrogens is 1650 g/mol. The molecule has 0 radical (unpaired) electrons. The molecule has 0 aliphatic carbocycles. The van der Waals surface area contributed by atoms with Gasteiger partial charge in [-0.15, -0.1) is 0 Å². The van der Waals surface area contributed by atoms with Crippen LogP contribution in [0.3, 0.4) is 0 Å². The van der Waals surface area contributed by atoms with Crippen LogP contribution in [0.2, 0.25) is 0 Å². The molecule has 0 amide bonds. The molecule has 602 valence electrons. The highest BCUT2D eigenvalue weighted by molar-refractivity contribution is 9.10. The number of hydrogen-bond acceptors (Lipinski definition) is 25. The Morgan fingerprint density at radius 2 is 0.784 bits per heavy atom. The van der Waals surface area contributed by atoms with Gasteiger partial charge in [-0.25, -0.2) is 30.5 Å². The van der Waals surface area contributed by atoms with E-state index in [-0.39, 0.29) is 34.1 Å². The molecule has 5 aromatic heterocycles. The van der Waals surface area contributed by atoms with Gasteiger partial charge >= 0.3 is 17.9 Å². The minimum atomic E-state index is -0.489. The molecule has 30 nitrogen and oxygen atoms in total. The van der Waals surface area contributed by atoms with Crippen molar-refractivity contribution in [2.75, 3.05) is 38.5 Å².